The molecule has 15 heavy (non-hydrogen) atoms. The Bertz CT molecular complexity index is 400. The van der Waals surface area contributed by atoms with Crippen LogP contribution in [-0.4, -0.2) is 22.0 Å². The lowest BCUT2D eigenvalue weighted by atomic mass is 9.96. The van der Waals surface area contributed by atoms with E-state index >= 15 is 0 Å². The van der Waals surface area contributed by atoms with E-state index in [0.29, 0.717) is 12.2 Å². The van der Waals surface area contributed by atoms with Gasteiger partial charge in [-0.25, -0.2) is 4.98 Å². The Labute approximate surface area is 88.7 Å². The molecule has 5 nitrogen and oxygen atoms in total. The quantitative estimate of drug-likeness (QED) is 0.791. The number of carbonyl (C=O) groups excluding carboxylic acids is 1. The Hall–Kier alpha value is -1.83. The molecule has 5 heteroatoms. The number of amides is 1. The van der Waals surface area contributed by atoms with Crippen molar-refractivity contribution in [3.63, 3.8) is 0 Å². The second-order valence-corrected chi connectivity index (χ2v) is 4.07. The predicted molar refractivity (Wildman–Crippen MR) is 54.9 cm³/mol. The largest absolute Gasteiger partial charge is 0.349 e. The van der Waals surface area contributed by atoms with Gasteiger partial charge in [0.15, 0.2) is 0 Å². The molecule has 0 saturated heterocycles. The molecular weight excluding hydrogens is 192 g/mol. The molecule has 0 atom stereocenters. The molecule has 0 aromatic carbocycles. The van der Waals surface area contributed by atoms with Crippen molar-refractivity contribution >= 4 is 5.91 Å². The standard InChI is InChI=1S/C10H14N4O/c1-10(2,5-11)6-13-9(15)8-4-12-7-14(8)3/h4,7H,6H2,1-3H3,(H,13,15). The Morgan fingerprint density at radius 2 is 2.40 bits per heavy atom. The fourth-order valence-corrected chi connectivity index (χ4v) is 1.01. The van der Waals surface area contributed by atoms with E-state index in [2.05, 4.69) is 16.4 Å². The molecule has 1 amide bonds. The summed E-state index contributed by atoms with van der Waals surface area (Å²) in [6.07, 6.45) is 3.05. The summed E-state index contributed by atoms with van der Waals surface area (Å²) in [5, 5.41) is 11.5. The number of nitriles is 1. The number of carbonyl (C=O) groups is 1. The van der Waals surface area contributed by atoms with E-state index in [-0.39, 0.29) is 5.91 Å². The van der Waals surface area contributed by atoms with Crippen molar-refractivity contribution in [1.29, 1.82) is 5.26 Å². The highest BCUT2D eigenvalue weighted by atomic mass is 16.1. The van der Waals surface area contributed by atoms with E-state index in [1.54, 1.807) is 31.8 Å². The van der Waals surface area contributed by atoms with Crippen LogP contribution in [0.1, 0.15) is 24.3 Å². The zero-order valence-electron chi connectivity index (χ0n) is 9.11. The minimum absolute atomic E-state index is 0.210. The molecule has 80 valence electrons. The molecule has 0 aliphatic heterocycles. The number of aryl methyl sites for hydroxylation is 1. The fourth-order valence-electron chi connectivity index (χ4n) is 1.01. The van der Waals surface area contributed by atoms with Gasteiger partial charge in [-0.15, -0.1) is 0 Å². The molecule has 1 aromatic heterocycles. The van der Waals surface area contributed by atoms with E-state index in [4.69, 9.17) is 5.26 Å². The van der Waals surface area contributed by atoms with Gasteiger partial charge in [0.1, 0.15) is 5.69 Å². The fraction of sp³-hybridized carbons (Fsp3) is 0.500. The van der Waals surface area contributed by atoms with Gasteiger partial charge in [0.05, 0.1) is 24.0 Å². The number of aromatic nitrogens is 2. The van der Waals surface area contributed by atoms with E-state index in [1.165, 1.54) is 6.20 Å². The van der Waals surface area contributed by atoms with Gasteiger partial charge < -0.3 is 9.88 Å². The van der Waals surface area contributed by atoms with Crippen LogP contribution in [-0.2, 0) is 7.05 Å². The van der Waals surface area contributed by atoms with Crippen molar-refractivity contribution in [1.82, 2.24) is 14.9 Å². The highest BCUT2D eigenvalue weighted by Crippen LogP contribution is 2.10. The average molecular weight is 206 g/mol. The van der Waals surface area contributed by atoms with Crippen molar-refractivity contribution in [2.75, 3.05) is 6.54 Å². The molecule has 0 unspecified atom stereocenters. The average Bonchev–Trinajstić information content (AvgIpc) is 2.61. The smallest absolute Gasteiger partial charge is 0.269 e. The van der Waals surface area contributed by atoms with Gasteiger partial charge in [-0.05, 0) is 13.8 Å². The minimum Gasteiger partial charge on any atom is -0.349 e. The SMILES string of the molecule is Cn1cncc1C(=O)NCC(C)(C)C#N. The zero-order chi connectivity index (χ0) is 11.5. The molecular formula is C10H14N4O. The third kappa shape index (κ3) is 2.81. The van der Waals surface area contributed by atoms with Crippen LogP contribution in [0.3, 0.4) is 0 Å². The summed E-state index contributed by atoms with van der Waals surface area (Å²) in [4.78, 5) is 15.5. The number of rotatable bonds is 3. The molecule has 0 aliphatic rings. The lowest BCUT2D eigenvalue weighted by Crippen LogP contribution is -2.33. The molecule has 0 radical (unpaired) electrons. The van der Waals surface area contributed by atoms with Crippen LogP contribution in [0, 0.1) is 16.7 Å². The van der Waals surface area contributed by atoms with Gasteiger partial charge in [-0.3, -0.25) is 4.79 Å². The Balaban J connectivity index is 2.59. The molecule has 1 aromatic rings. The van der Waals surface area contributed by atoms with E-state index in [9.17, 15) is 4.79 Å². The number of hydrogen-bond donors (Lipinski definition) is 1. The van der Waals surface area contributed by atoms with E-state index in [1.807, 2.05) is 0 Å². The maximum absolute atomic E-state index is 11.6. The number of imidazole rings is 1. The summed E-state index contributed by atoms with van der Waals surface area (Å²) in [6, 6.07) is 2.12. The molecule has 1 heterocycles. The van der Waals surface area contributed by atoms with Crippen LogP contribution in [0.15, 0.2) is 12.5 Å². The van der Waals surface area contributed by atoms with E-state index < -0.39 is 5.41 Å². The minimum atomic E-state index is -0.547. The van der Waals surface area contributed by atoms with Crippen molar-refractivity contribution in [2.45, 2.75) is 13.8 Å². The van der Waals surface area contributed by atoms with Gasteiger partial charge >= 0.3 is 0 Å². The van der Waals surface area contributed by atoms with Crippen molar-refractivity contribution in [3.8, 4) is 6.07 Å². The highest BCUT2D eigenvalue weighted by Gasteiger charge is 2.19. The molecule has 1 N–H and O–H groups in total. The second-order valence-electron chi connectivity index (χ2n) is 4.07. The summed E-state index contributed by atoms with van der Waals surface area (Å²) >= 11 is 0. The van der Waals surface area contributed by atoms with Gasteiger partial charge in [0.2, 0.25) is 0 Å². The summed E-state index contributed by atoms with van der Waals surface area (Å²) in [6.45, 7) is 3.88. The normalized spacial score (nSPS) is 10.8. The first-order chi connectivity index (χ1) is 6.96. The van der Waals surface area contributed by atoms with Crippen molar-refractivity contribution < 1.29 is 4.79 Å². The number of nitrogens with zero attached hydrogens (tertiary/aromatic N) is 3. The van der Waals surface area contributed by atoms with Gasteiger partial charge in [0.25, 0.3) is 5.91 Å². The summed E-state index contributed by atoms with van der Waals surface area (Å²) in [5.41, 5.74) is -0.0578. The van der Waals surface area contributed by atoms with Crippen LogP contribution < -0.4 is 5.32 Å². The van der Waals surface area contributed by atoms with Crippen molar-refractivity contribution in [2.24, 2.45) is 12.5 Å². The first-order valence-electron chi connectivity index (χ1n) is 4.62. The molecule has 0 bridgehead atoms. The monoisotopic (exact) mass is 206 g/mol. The predicted octanol–water partition coefficient (Wildman–Crippen LogP) is 0.700. The lowest BCUT2D eigenvalue weighted by Gasteiger charge is -2.15. The molecule has 0 aliphatic carbocycles. The first kappa shape index (κ1) is 11.2. The van der Waals surface area contributed by atoms with Crippen LogP contribution in [0.25, 0.3) is 0 Å². The highest BCUT2D eigenvalue weighted by molar-refractivity contribution is 5.92. The van der Waals surface area contributed by atoms with Crippen LogP contribution >= 0.6 is 0 Å². The first-order valence-corrected chi connectivity index (χ1v) is 4.62. The van der Waals surface area contributed by atoms with Crippen LogP contribution in [0.5, 0.6) is 0 Å². The topological polar surface area (TPSA) is 70.7 Å². The maximum atomic E-state index is 11.6. The third-order valence-electron chi connectivity index (χ3n) is 2.04. The lowest BCUT2D eigenvalue weighted by molar-refractivity contribution is 0.0935. The Morgan fingerprint density at radius 3 is 2.87 bits per heavy atom. The molecule has 0 saturated carbocycles. The molecule has 0 fully saturated rings. The Morgan fingerprint density at radius 1 is 1.73 bits per heavy atom. The summed E-state index contributed by atoms with van der Waals surface area (Å²) in [7, 11) is 1.75. The van der Waals surface area contributed by atoms with E-state index in [0.717, 1.165) is 0 Å². The molecule has 1 rings (SSSR count). The Kier molecular flexibility index (Phi) is 3.10. The van der Waals surface area contributed by atoms with Crippen LogP contribution in [0.4, 0.5) is 0 Å². The molecule has 0 spiro atoms. The van der Waals surface area contributed by atoms with Gasteiger partial charge in [0, 0.05) is 13.6 Å². The van der Waals surface area contributed by atoms with Crippen molar-refractivity contribution in [3.05, 3.63) is 18.2 Å². The van der Waals surface area contributed by atoms with Gasteiger partial charge in [-0.2, -0.15) is 5.26 Å². The maximum Gasteiger partial charge on any atom is 0.269 e. The second kappa shape index (κ2) is 4.13. The summed E-state index contributed by atoms with van der Waals surface area (Å²) in [5.74, 6) is -0.210. The number of hydrogen-bond acceptors (Lipinski definition) is 3. The zero-order valence-corrected chi connectivity index (χ0v) is 9.11. The third-order valence-corrected chi connectivity index (χ3v) is 2.04. The van der Waals surface area contributed by atoms with Crippen LogP contribution in [0.2, 0.25) is 0 Å². The number of nitrogens with one attached hydrogen (secondary N) is 1. The van der Waals surface area contributed by atoms with Gasteiger partial charge in [-0.1, -0.05) is 0 Å². The summed E-state index contributed by atoms with van der Waals surface area (Å²) < 4.78 is 1.63.